The second-order valence-corrected chi connectivity index (χ2v) is 11.2. The molecule has 0 radical (unpaired) electrons. The molecule has 0 spiro atoms. The number of benzene rings is 1. The topological polar surface area (TPSA) is 170 Å². The van der Waals surface area contributed by atoms with E-state index >= 15 is 0 Å². The van der Waals surface area contributed by atoms with Gasteiger partial charge in [-0.05, 0) is 38.6 Å². The number of piperazine rings is 1. The number of nitrogens with zero attached hydrogens (tertiary/aromatic N) is 4. The maximum Gasteiger partial charge on any atom is 0.291 e. The van der Waals surface area contributed by atoms with Crippen molar-refractivity contribution in [3.05, 3.63) is 33.9 Å². The Labute approximate surface area is 217 Å². The summed E-state index contributed by atoms with van der Waals surface area (Å²) in [7, 11) is 0.222. The molecule has 4 atom stereocenters. The molecule has 3 fully saturated rings. The Kier molecular flexibility index (Phi) is 9.66. The van der Waals surface area contributed by atoms with Crippen LogP contribution >= 0.6 is 0 Å². The predicted octanol–water partition coefficient (Wildman–Crippen LogP) is -0.252. The summed E-state index contributed by atoms with van der Waals surface area (Å²) in [5.74, 6) is 0.476. The van der Waals surface area contributed by atoms with Crippen molar-refractivity contribution in [1.29, 1.82) is 0 Å². The lowest BCUT2D eigenvalue weighted by atomic mass is 9.94. The highest BCUT2D eigenvalue weighted by Crippen LogP contribution is 2.33. The van der Waals surface area contributed by atoms with Gasteiger partial charge in [0.15, 0.2) is 0 Å². The van der Waals surface area contributed by atoms with Gasteiger partial charge in [-0.2, -0.15) is 4.31 Å². The van der Waals surface area contributed by atoms with Crippen molar-refractivity contribution < 1.29 is 28.2 Å². The van der Waals surface area contributed by atoms with Crippen molar-refractivity contribution in [2.75, 3.05) is 46.9 Å². The van der Waals surface area contributed by atoms with Gasteiger partial charge in [-0.25, -0.2) is 18.9 Å². The number of sulfonamides is 1. The molecule has 4 rings (SSSR count). The average Bonchev–Trinajstić information content (AvgIpc) is 3.15. The number of amides is 1. The summed E-state index contributed by atoms with van der Waals surface area (Å²) in [4.78, 5) is 23.7. The third-order valence-electron chi connectivity index (χ3n) is 6.77. The van der Waals surface area contributed by atoms with E-state index in [0.29, 0.717) is 44.1 Å². The smallest absolute Gasteiger partial charge is 0.291 e. The summed E-state index contributed by atoms with van der Waals surface area (Å²) in [5.41, 5.74) is 4.02. The van der Waals surface area contributed by atoms with Crippen LogP contribution in [-0.4, -0.2) is 104 Å². The summed E-state index contributed by atoms with van der Waals surface area (Å²) >= 11 is 0. The maximum atomic E-state index is 13.4. The fourth-order valence-electron chi connectivity index (χ4n) is 4.99. The van der Waals surface area contributed by atoms with Gasteiger partial charge in [0, 0.05) is 44.8 Å². The molecule has 0 aromatic heterocycles. The highest BCUT2D eigenvalue weighted by molar-refractivity contribution is 7.89. The summed E-state index contributed by atoms with van der Waals surface area (Å²) in [5, 5.41) is 22.1. The minimum atomic E-state index is -3.65. The van der Waals surface area contributed by atoms with Crippen LogP contribution in [-0.2, 0) is 14.8 Å². The van der Waals surface area contributed by atoms with Crippen molar-refractivity contribution in [3.8, 4) is 5.75 Å². The van der Waals surface area contributed by atoms with Crippen molar-refractivity contribution in [3.63, 3.8) is 0 Å². The van der Waals surface area contributed by atoms with Crippen LogP contribution < -0.4 is 20.8 Å². The molecule has 208 valence electrons. The maximum absolute atomic E-state index is 13.4. The number of hydrogen-bond acceptors (Lipinski definition) is 10. The van der Waals surface area contributed by atoms with Gasteiger partial charge >= 0.3 is 0 Å². The standard InChI is InChI=1S/C22H36N6O4S.HNO3/c1-5-7-17-19-20(27(4)25-17)22(29)24-21(23-19)16-14-15(8-9-18(16)32-6-2)33(30,31)28-12-10-26(3)11-13-28;2-1(3)4/h8-9,14,17,19-21,23,25H,5-7,10-13H2,1-4H3,(H,24,29);(H,2,3,4). The Morgan fingerprint density at radius 3 is 2.43 bits per heavy atom. The van der Waals surface area contributed by atoms with Crippen LogP contribution in [0.5, 0.6) is 5.75 Å². The van der Waals surface area contributed by atoms with Crippen LogP contribution in [0.1, 0.15) is 38.4 Å². The summed E-state index contributed by atoms with van der Waals surface area (Å²) in [6.45, 7) is 6.76. The van der Waals surface area contributed by atoms with Gasteiger partial charge in [0.25, 0.3) is 5.09 Å². The average molecular weight is 544 g/mol. The molecule has 4 N–H and O–H groups in total. The molecule has 37 heavy (non-hydrogen) atoms. The normalized spacial score (nSPS) is 27.1. The Bertz CT molecular complexity index is 1060. The Morgan fingerprint density at radius 2 is 1.84 bits per heavy atom. The number of fused-ring (bicyclic) bond motifs is 1. The molecular formula is C22H37N7O7S. The van der Waals surface area contributed by atoms with Crippen molar-refractivity contribution in [2.24, 2.45) is 0 Å². The van der Waals surface area contributed by atoms with Gasteiger partial charge in [0.2, 0.25) is 15.9 Å². The lowest BCUT2D eigenvalue weighted by Gasteiger charge is -2.37. The first-order valence-electron chi connectivity index (χ1n) is 12.3. The number of hydrazine groups is 1. The Balaban J connectivity index is 0.000000886. The van der Waals surface area contributed by atoms with E-state index in [4.69, 9.17) is 20.1 Å². The Morgan fingerprint density at radius 1 is 1.19 bits per heavy atom. The van der Waals surface area contributed by atoms with Gasteiger partial charge in [-0.15, -0.1) is 10.1 Å². The lowest BCUT2D eigenvalue weighted by Crippen LogP contribution is -2.62. The van der Waals surface area contributed by atoms with Crippen LogP contribution in [0.2, 0.25) is 0 Å². The minimum absolute atomic E-state index is 0.0906. The van der Waals surface area contributed by atoms with Crippen molar-refractivity contribution in [2.45, 2.75) is 55.9 Å². The van der Waals surface area contributed by atoms with E-state index in [9.17, 15) is 13.2 Å². The molecule has 3 saturated heterocycles. The number of carbonyl (C=O) groups is 1. The molecule has 1 aromatic carbocycles. The zero-order chi connectivity index (χ0) is 27.3. The van der Waals surface area contributed by atoms with Crippen LogP contribution in [0.4, 0.5) is 0 Å². The van der Waals surface area contributed by atoms with E-state index in [2.05, 4.69) is 27.9 Å². The van der Waals surface area contributed by atoms with Gasteiger partial charge in [-0.3, -0.25) is 10.1 Å². The first-order valence-corrected chi connectivity index (χ1v) is 13.8. The highest BCUT2D eigenvalue weighted by Gasteiger charge is 2.48. The molecule has 0 aliphatic carbocycles. The number of likely N-dealkylation sites (N-methyl/N-ethyl adjacent to an activating group) is 2. The monoisotopic (exact) mass is 543 g/mol. The van der Waals surface area contributed by atoms with Crippen LogP contribution in [0.3, 0.4) is 0 Å². The molecule has 1 aromatic rings. The summed E-state index contributed by atoms with van der Waals surface area (Å²) in [6, 6.07) is 4.64. The molecule has 1 amide bonds. The summed E-state index contributed by atoms with van der Waals surface area (Å²) in [6.07, 6.45) is 1.37. The van der Waals surface area contributed by atoms with E-state index in [0.717, 1.165) is 12.8 Å². The van der Waals surface area contributed by atoms with E-state index in [-0.39, 0.29) is 28.9 Å². The molecule has 0 bridgehead atoms. The van der Waals surface area contributed by atoms with Crippen LogP contribution in [0.15, 0.2) is 23.1 Å². The van der Waals surface area contributed by atoms with Crippen molar-refractivity contribution >= 4 is 15.9 Å². The first-order chi connectivity index (χ1) is 17.5. The number of rotatable bonds is 7. The zero-order valence-corrected chi connectivity index (χ0v) is 22.4. The second-order valence-electron chi connectivity index (χ2n) is 9.29. The molecule has 3 aliphatic heterocycles. The van der Waals surface area contributed by atoms with Gasteiger partial charge in [0.1, 0.15) is 18.0 Å². The molecule has 3 heterocycles. The quantitative estimate of drug-likeness (QED) is 0.264. The molecule has 3 aliphatic rings. The van der Waals surface area contributed by atoms with Crippen LogP contribution in [0, 0.1) is 10.1 Å². The van der Waals surface area contributed by atoms with Gasteiger partial charge in [0.05, 0.1) is 17.5 Å². The van der Waals surface area contributed by atoms with E-state index in [1.165, 1.54) is 4.31 Å². The molecule has 14 nitrogen and oxygen atoms in total. The SMILES string of the molecule is CCCC1NN(C)C2C(=O)NC(c3cc(S(=O)(=O)N4CCN(C)CC4)ccc3OCC)NC12.O=[N+]([O-])O. The second kappa shape index (κ2) is 12.3. The predicted molar refractivity (Wildman–Crippen MR) is 134 cm³/mol. The lowest BCUT2D eigenvalue weighted by molar-refractivity contribution is -0.742. The van der Waals surface area contributed by atoms with Crippen molar-refractivity contribution in [1.82, 2.24) is 30.3 Å². The third kappa shape index (κ3) is 6.66. The number of nitrogens with one attached hydrogen (secondary N) is 3. The zero-order valence-electron chi connectivity index (χ0n) is 21.6. The number of hydrogen-bond donors (Lipinski definition) is 4. The number of ether oxygens (including phenoxy) is 1. The first kappa shape index (κ1) is 29.0. The molecule has 15 heteroatoms. The van der Waals surface area contributed by atoms with E-state index in [1.54, 1.807) is 18.2 Å². The Hall–Kier alpha value is -2.56. The fraction of sp³-hybridized carbons (Fsp3) is 0.682. The van der Waals surface area contributed by atoms with E-state index in [1.807, 2.05) is 26.0 Å². The largest absolute Gasteiger partial charge is 0.493 e. The van der Waals surface area contributed by atoms with Gasteiger partial charge < -0.3 is 20.2 Å². The molecule has 0 saturated carbocycles. The number of carbonyl (C=O) groups excluding carboxylic acids is 1. The minimum Gasteiger partial charge on any atom is -0.493 e. The van der Waals surface area contributed by atoms with Gasteiger partial charge in [-0.1, -0.05) is 13.3 Å². The van der Waals surface area contributed by atoms with Crippen LogP contribution in [0.25, 0.3) is 0 Å². The highest BCUT2D eigenvalue weighted by atomic mass is 32.2. The molecule has 4 unspecified atom stereocenters. The summed E-state index contributed by atoms with van der Waals surface area (Å²) < 4.78 is 34.1. The molecular weight excluding hydrogens is 506 g/mol. The third-order valence-corrected chi connectivity index (χ3v) is 8.66. The van der Waals surface area contributed by atoms with E-state index < -0.39 is 21.3 Å². The fourth-order valence-corrected chi connectivity index (χ4v) is 6.45.